The van der Waals surface area contributed by atoms with Gasteiger partial charge in [0.2, 0.25) is 0 Å². The van der Waals surface area contributed by atoms with Crippen molar-refractivity contribution in [2.45, 2.75) is 38.5 Å². The summed E-state index contributed by atoms with van der Waals surface area (Å²) in [5.74, 6) is 0. The molecule has 0 radical (unpaired) electrons. The fourth-order valence-corrected chi connectivity index (χ4v) is 1.32. The lowest BCUT2D eigenvalue weighted by atomic mass is 10.0. The van der Waals surface area contributed by atoms with Crippen molar-refractivity contribution in [3.8, 4) is 0 Å². The molecule has 0 saturated carbocycles. The van der Waals surface area contributed by atoms with Crippen LogP contribution in [0.2, 0.25) is 0 Å². The van der Waals surface area contributed by atoms with Crippen LogP contribution in [0.5, 0.6) is 0 Å². The van der Waals surface area contributed by atoms with E-state index >= 15 is 0 Å². The van der Waals surface area contributed by atoms with E-state index in [1.54, 1.807) is 0 Å². The molecular weight excluding hydrogens is 124 g/mol. The fourth-order valence-electron chi connectivity index (χ4n) is 1.32. The first-order chi connectivity index (χ1) is 4.93. The molecule has 0 amide bonds. The van der Waals surface area contributed by atoms with E-state index in [1.807, 2.05) is 0 Å². The molecule has 0 aromatic carbocycles. The number of hydrogen-bond acceptors (Lipinski definition) is 1. The van der Waals surface area contributed by atoms with Gasteiger partial charge in [0.05, 0.1) is 0 Å². The van der Waals surface area contributed by atoms with Gasteiger partial charge in [-0.05, 0) is 31.3 Å². The second-order valence-corrected chi connectivity index (χ2v) is 2.85. The van der Waals surface area contributed by atoms with Crippen molar-refractivity contribution in [1.82, 2.24) is 0 Å². The summed E-state index contributed by atoms with van der Waals surface area (Å²) in [6, 6.07) is 0. The highest BCUT2D eigenvalue weighted by atomic mass is 16.1. The van der Waals surface area contributed by atoms with Crippen LogP contribution in [-0.4, -0.2) is 6.29 Å². The van der Waals surface area contributed by atoms with Crippen LogP contribution < -0.4 is 0 Å². The van der Waals surface area contributed by atoms with Gasteiger partial charge in [-0.2, -0.15) is 0 Å². The normalized spacial score (nSPS) is 25.8. The van der Waals surface area contributed by atoms with Gasteiger partial charge in [-0.1, -0.05) is 18.9 Å². The Balaban J connectivity index is 2.43. The van der Waals surface area contributed by atoms with E-state index in [2.05, 4.69) is 6.08 Å². The molecule has 1 rings (SSSR count). The lowest BCUT2D eigenvalue weighted by molar-refractivity contribution is -0.105. The number of rotatable bonds is 1. The maximum absolute atomic E-state index is 10.4. The molecule has 56 valence electrons. The highest BCUT2D eigenvalue weighted by Gasteiger charge is 1.99. The minimum absolute atomic E-state index is 1.00. The molecule has 1 nitrogen and oxygen atoms in total. The Kier molecular flexibility index (Phi) is 3.20. The van der Waals surface area contributed by atoms with Gasteiger partial charge < -0.3 is 0 Å². The molecule has 0 unspecified atom stereocenters. The minimum atomic E-state index is 1.00. The molecule has 0 saturated heterocycles. The van der Waals surface area contributed by atoms with E-state index in [1.165, 1.54) is 25.7 Å². The number of hydrogen-bond donors (Lipinski definition) is 0. The van der Waals surface area contributed by atoms with Crippen LogP contribution in [0.25, 0.3) is 0 Å². The zero-order valence-corrected chi connectivity index (χ0v) is 6.31. The molecule has 0 aromatic rings. The Labute approximate surface area is 62.1 Å². The van der Waals surface area contributed by atoms with Crippen molar-refractivity contribution >= 4 is 6.29 Å². The van der Waals surface area contributed by atoms with Gasteiger partial charge in [0.1, 0.15) is 6.29 Å². The summed E-state index contributed by atoms with van der Waals surface area (Å²) in [5.41, 5.74) is 1.01. The van der Waals surface area contributed by atoms with Crippen molar-refractivity contribution in [3.05, 3.63) is 11.6 Å². The Morgan fingerprint density at radius 1 is 1.20 bits per heavy atom. The Bertz CT molecular complexity index is 136. The van der Waals surface area contributed by atoms with Crippen LogP contribution in [0.3, 0.4) is 0 Å². The van der Waals surface area contributed by atoms with E-state index in [0.717, 1.165) is 24.7 Å². The smallest absolute Gasteiger partial charge is 0.145 e. The molecular formula is C9H14O. The molecule has 0 atom stereocenters. The van der Waals surface area contributed by atoms with Gasteiger partial charge in [-0.15, -0.1) is 0 Å². The third-order valence-corrected chi connectivity index (χ3v) is 1.98. The fraction of sp³-hybridized carbons (Fsp3) is 0.667. The maximum atomic E-state index is 10.4. The molecule has 0 aromatic heterocycles. The van der Waals surface area contributed by atoms with E-state index in [9.17, 15) is 4.79 Å². The van der Waals surface area contributed by atoms with Gasteiger partial charge in [-0.3, -0.25) is 4.79 Å². The van der Waals surface area contributed by atoms with Crippen molar-refractivity contribution in [2.24, 2.45) is 0 Å². The lowest BCUT2D eigenvalue weighted by Gasteiger charge is -2.04. The number of aldehydes is 1. The van der Waals surface area contributed by atoms with Gasteiger partial charge in [0, 0.05) is 0 Å². The van der Waals surface area contributed by atoms with Crippen LogP contribution in [-0.2, 0) is 4.79 Å². The van der Waals surface area contributed by atoms with Crippen molar-refractivity contribution < 1.29 is 4.79 Å². The Morgan fingerprint density at radius 2 is 2.00 bits per heavy atom. The Hall–Kier alpha value is -0.590. The first-order valence-corrected chi connectivity index (χ1v) is 4.07. The van der Waals surface area contributed by atoms with E-state index in [0.29, 0.717) is 0 Å². The third-order valence-electron chi connectivity index (χ3n) is 1.98. The van der Waals surface area contributed by atoms with Gasteiger partial charge >= 0.3 is 0 Å². The average Bonchev–Trinajstić information content (AvgIpc) is 1.87. The highest BCUT2D eigenvalue weighted by molar-refractivity contribution is 5.72. The predicted octanol–water partition coefficient (Wildman–Crippen LogP) is 2.47. The van der Waals surface area contributed by atoms with Crippen LogP contribution in [0.4, 0.5) is 0 Å². The molecule has 1 heteroatoms. The molecule has 0 spiro atoms. The summed E-state index contributed by atoms with van der Waals surface area (Å²) in [5, 5.41) is 0. The standard InChI is InChI=1S/C9H14O/c10-8-9-6-4-2-1-3-5-7-9/h6,8H,1-5,7H2/b9-6+. The van der Waals surface area contributed by atoms with Gasteiger partial charge in [0.15, 0.2) is 0 Å². The first-order valence-electron chi connectivity index (χ1n) is 4.07. The van der Waals surface area contributed by atoms with E-state index in [-0.39, 0.29) is 0 Å². The zero-order chi connectivity index (χ0) is 7.23. The summed E-state index contributed by atoms with van der Waals surface area (Å²) in [6.45, 7) is 0. The minimum Gasteiger partial charge on any atom is -0.298 e. The first kappa shape index (κ1) is 7.52. The van der Waals surface area contributed by atoms with Crippen molar-refractivity contribution in [2.75, 3.05) is 0 Å². The Morgan fingerprint density at radius 3 is 2.80 bits per heavy atom. The van der Waals surface area contributed by atoms with E-state index < -0.39 is 0 Å². The molecule has 10 heavy (non-hydrogen) atoms. The summed E-state index contributed by atoms with van der Waals surface area (Å²) in [6.07, 6.45) is 10.3. The van der Waals surface area contributed by atoms with Crippen LogP contribution in [0, 0.1) is 0 Å². The monoisotopic (exact) mass is 138 g/mol. The second-order valence-electron chi connectivity index (χ2n) is 2.85. The maximum Gasteiger partial charge on any atom is 0.145 e. The topological polar surface area (TPSA) is 17.1 Å². The zero-order valence-electron chi connectivity index (χ0n) is 6.31. The molecule has 0 heterocycles. The summed E-state index contributed by atoms with van der Waals surface area (Å²) in [7, 11) is 0. The summed E-state index contributed by atoms with van der Waals surface area (Å²) >= 11 is 0. The predicted molar refractivity (Wildman–Crippen MR) is 41.8 cm³/mol. The third kappa shape index (κ3) is 2.34. The van der Waals surface area contributed by atoms with Crippen LogP contribution in [0.1, 0.15) is 38.5 Å². The quantitative estimate of drug-likeness (QED) is 0.509. The molecule has 1 aliphatic rings. The SMILES string of the molecule is O=C/C1=C/CCCCCC1. The summed E-state index contributed by atoms with van der Waals surface area (Å²) < 4.78 is 0. The molecule has 0 aliphatic heterocycles. The summed E-state index contributed by atoms with van der Waals surface area (Å²) in [4.78, 5) is 10.4. The van der Waals surface area contributed by atoms with Gasteiger partial charge in [0.25, 0.3) is 0 Å². The number of allylic oxidation sites excluding steroid dienone is 2. The number of carbonyl (C=O) groups excluding carboxylic acids is 1. The lowest BCUT2D eigenvalue weighted by Crippen LogP contribution is -1.90. The number of carbonyl (C=O) groups is 1. The molecule has 0 fully saturated rings. The molecule has 0 bridgehead atoms. The van der Waals surface area contributed by atoms with Gasteiger partial charge in [-0.25, -0.2) is 0 Å². The molecule has 0 N–H and O–H groups in total. The van der Waals surface area contributed by atoms with Crippen molar-refractivity contribution in [1.29, 1.82) is 0 Å². The largest absolute Gasteiger partial charge is 0.298 e. The average molecular weight is 138 g/mol. The molecule has 1 aliphatic carbocycles. The van der Waals surface area contributed by atoms with E-state index in [4.69, 9.17) is 0 Å². The second kappa shape index (κ2) is 4.26. The van der Waals surface area contributed by atoms with Crippen LogP contribution in [0.15, 0.2) is 11.6 Å². The van der Waals surface area contributed by atoms with Crippen molar-refractivity contribution in [3.63, 3.8) is 0 Å². The highest BCUT2D eigenvalue weighted by Crippen LogP contribution is 2.14. The van der Waals surface area contributed by atoms with Crippen LogP contribution >= 0.6 is 0 Å².